The Bertz CT molecular complexity index is 443. The maximum Gasteiger partial charge on any atom is 0.409 e. The largest absolute Gasteiger partial charge is 0.458 e. The highest BCUT2D eigenvalue weighted by Crippen LogP contribution is 2.10. The topological polar surface area (TPSA) is 55.8 Å². The Kier molecular flexibility index (Phi) is 6.87. The van der Waals surface area contributed by atoms with Crippen molar-refractivity contribution in [2.75, 3.05) is 26.3 Å². The average Bonchev–Trinajstić information content (AvgIpc) is 2.45. The molecule has 0 unspecified atom stereocenters. The molecular weight excluding hydrogens is 282 g/mol. The Morgan fingerprint density at radius 2 is 1.60 bits per heavy atom. The van der Waals surface area contributed by atoms with E-state index in [4.69, 9.17) is 21.1 Å². The van der Waals surface area contributed by atoms with Gasteiger partial charge in [-0.1, -0.05) is 11.6 Å². The van der Waals surface area contributed by atoms with Crippen LogP contribution in [0.25, 0.3) is 0 Å². The van der Waals surface area contributed by atoms with Crippen molar-refractivity contribution in [1.82, 2.24) is 4.90 Å². The van der Waals surface area contributed by atoms with Crippen molar-refractivity contribution >= 4 is 23.7 Å². The van der Waals surface area contributed by atoms with Gasteiger partial charge in [0.25, 0.3) is 0 Å². The molecule has 1 aromatic rings. The predicted octanol–water partition coefficient (Wildman–Crippen LogP) is 2.98. The van der Waals surface area contributed by atoms with E-state index < -0.39 is 12.1 Å². The van der Waals surface area contributed by atoms with Gasteiger partial charge in [0.15, 0.2) is 0 Å². The van der Waals surface area contributed by atoms with Gasteiger partial charge in [0, 0.05) is 18.1 Å². The van der Waals surface area contributed by atoms with Crippen LogP contribution in [0.4, 0.5) is 4.79 Å². The number of hydrogen-bond donors (Lipinski definition) is 0. The van der Waals surface area contributed by atoms with Crippen LogP contribution in [0.1, 0.15) is 24.2 Å². The number of carbonyl (C=O) groups is 2. The Labute approximate surface area is 123 Å². The molecule has 0 atom stereocenters. The first kappa shape index (κ1) is 16.3. The average molecular weight is 300 g/mol. The fourth-order valence-corrected chi connectivity index (χ4v) is 1.63. The Hall–Kier alpha value is -1.75. The summed E-state index contributed by atoms with van der Waals surface area (Å²) in [6.07, 6.45) is -0.405. The second-order valence-corrected chi connectivity index (χ2v) is 4.37. The van der Waals surface area contributed by atoms with Crippen molar-refractivity contribution in [2.45, 2.75) is 13.8 Å². The number of halogens is 1. The standard InChI is InChI=1S/C14H18ClNO4/c1-3-16(4-2)14(18)20-10-9-19-13(17)11-5-7-12(15)8-6-11/h5-8H,3-4,9-10H2,1-2H3. The molecule has 0 aliphatic rings. The molecule has 1 amide bonds. The predicted molar refractivity (Wildman–Crippen MR) is 76.0 cm³/mol. The number of esters is 1. The van der Waals surface area contributed by atoms with Crippen LogP contribution in [0.5, 0.6) is 0 Å². The maximum atomic E-state index is 11.6. The maximum absolute atomic E-state index is 11.6. The van der Waals surface area contributed by atoms with Gasteiger partial charge in [-0.15, -0.1) is 0 Å². The Morgan fingerprint density at radius 1 is 1.05 bits per heavy atom. The number of benzene rings is 1. The van der Waals surface area contributed by atoms with Crippen LogP contribution in [0.15, 0.2) is 24.3 Å². The summed E-state index contributed by atoms with van der Waals surface area (Å²) in [5.74, 6) is -0.472. The van der Waals surface area contributed by atoms with Gasteiger partial charge < -0.3 is 14.4 Å². The number of nitrogens with zero attached hydrogens (tertiary/aromatic N) is 1. The molecule has 0 aromatic heterocycles. The minimum absolute atomic E-state index is 0.0223. The van der Waals surface area contributed by atoms with E-state index in [0.717, 1.165) is 0 Å². The van der Waals surface area contributed by atoms with Gasteiger partial charge in [0.05, 0.1) is 5.56 Å². The first-order valence-electron chi connectivity index (χ1n) is 6.42. The first-order valence-corrected chi connectivity index (χ1v) is 6.80. The summed E-state index contributed by atoms with van der Waals surface area (Å²) in [5.41, 5.74) is 0.407. The zero-order chi connectivity index (χ0) is 15.0. The van der Waals surface area contributed by atoms with E-state index in [1.807, 2.05) is 13.8 Å². The fraction of sp³-hybridized carbons (Fsp3) is 0.429. The number of hydrogen-bond acceptors (Lipinski definition) is 4. The molecule has 1 rings (SSSR count). The number of rotatable bonds is 6. The molecule has 0 aliphatic carbocycles. The normalized spacial score (nSPS) is 9.95. The number of amides is 1. The molecule has 20 heavy (non-hydrogen) atoms. The first-order chi connectivity index (χ1) is 9.58. The molecule has 6 heteroatoms. The molecule has 0 saturated carbocycles. The van der Waals surface area contributed by atoms with Gasteiger partial charge in [-0.25, -0.2) is 9.59 Å². The molecule has 0 radical (unpaired) electrons. The summed E-state index contributed by atoms with van der Waals surface area (Å²) >= 11 is 5.72. The van der Waals surface area contributed by atoms with Crippen molar-refractivity contribution in [3.05, 3.63) is 34.9 Å². The van der Waals surface area contributed by atoms with Gasteiger partial charge in [0.2, 0.25) is 0 Å². The smallest absolute Gasteiger partial charge is 0.409 e. The second kappa shape index (κ2) is 8.43. The van der Waals surface area contributed by atoms with Crippen molar-refractivity contribution in [3.63, 3.8) is 0 Å². The minimum Gasteiger partial charge on any atom is -0.458 e. The summed E-state index contributed by atoms with van der Waals surface area (Å²) in [7, 11) is 0. The highest BCUT2D eigenvalue weighted by atomic mass is 35.5. The summed E-state index contributed by atoms with van der Waals surface area (Å²) in [4.78, 5) is 24.7. The Balaban J connectivity index is 2.29. The summed E-state index contributed by atoms with van der Waals surface area (Å²) in [6, 6.07) is 6.37. The second-order valence-electron chi connectivity index (χ2n) is 3.93. The van der Waals surface area contributed by atoms with Gasteiger partial charge >= 0.3 is 12.1 Å². The van der Waals surface area contributed by atoms with E-state index in [-0.39, 0.29) is 13.2 Å². The van der Waals surface area contributed by atoms with E-state index in [1.165, 1.54) is 0 Å². The molecule has 0 fully saturated rings. The zero-order valence-corrected chi connectivity index (χ0v) is 12.4. The third-order valence-corrected chi connectivity index (χ3v) is 2.90. The lowest BCUT2D eigenvalue weighted by molar-refractivity contribution is 0.0360. The molecule has 0 spiro atoms. The quantitative estimate of drug-likeness (QED) is 0.598. The highest BCUT2D eigenvalue weighted by molar-refractivity contribution is 6.30. The van der Waals surface area contributed by atoms with Gasteiger partial charge in [-0.05, 0) is 38.1 Å². The van der Waals surface area contributed by atoms with Crippen LogP contribution in [-0.4, -0.2) is 43.3 Å². The number of ether oxygens (including phenoxy) is 2. The third kappa shape index (κ3) is 5.09. The van der Waals surface area contributed by atoms with Crippen LogP contribution in [0.3, 0.4) is 0 Å². The molecule has 0 N–H and O–H groups in total. The van der Waals surface area contributed by atoms with Gasteiger partial charge in [-0.2, -0.15) is 0 Å². The SMILES string of the molecule is CCN(CC)C(=O)OCCOC(=O)c1ccc(Cl)cc1. The van der Waals surface area contributed by atoms with Crippen molar-refractivity contribution in [3.8, 4) is 0 Å². The van der Waals surface area contributed by atoms with Crippen LogP contribution in [-0.2, 0) is 9.47 Å². The molecule has 0 heterocycles. The molecular formula is C14H18ClNO4. The van der Waals surface area contributed by atoms with Crippen LogP contribution in [0, 0.1) is 0 Å². The lowest BCUT2D eigenvalue weighted by atomic mass is 10.2. The van der Waals surface area contributed by atoms with Crippen LogP contribution >= 0.6 is 11.6 Å². The van der Waals surface area contributed by atoms with Gasteiger partial charge in [-0.3, -0.25) is 0 Å². The van der Waals surface area contributed by atoms with E-state index in [0.29, 0.717) is 23.7 Å². The summed E-state index contributed by atoms with van der Waals surface area (Å²) in [5, 5.41) is 0.551. The lowest BCUT2D eigenvalue weighted by Crippen LogP contribution is -2.32. The van der Waals surface area contributed by atoms with Crippen LogP contribution < -0.4 is 0 Å². The minimum atomic E-state index is -0.472. The fourth-order valence-electron chi connectivity index (χ4n) is 1.51. The zero-order valence-electron chi connectivity index (χ0n) is 11.6. The Morgan fingerprint density at radius 3 is 2.15 bits per heavy atom. The van der Waals surface area contributed by atoms with Crippen molar-refractivity contribution in [1.29, 1.82) is 0 Å². The highest BCUT2D eigenvalue weighted by Gasteiger charge is 2.11. The molecule has 5 nitrogen and oxygen atoms in total. The molecule has 0 bridgehead atoms. The lowest BCUT2D eigenvalue weighted by Gasteiger charge is -2.17. The molecule has 0 saturated heterocycles. The summed E-state index contributed by atoms with van der Waals surface area (Å²) in [6.45, 7) is 4.96. The third-order valence-electron chi connectivity index (χ3n) is 2.64. The van der Waals surface area contributed by atoms with E-state index in [9.17, 15) is 9.59 Å². The monoisotopic (exact) mass is 299 g/mol. The van der Waals surface area contributed by atoms with E-state index >= 15 is 0 Å². The van der Waals surface area contributed by atoms with E-state index in [1.54, 1.807) is 29.2 Å². The van der Waals surface area contributed by atoms with Crippen LogP contribution in [0.2, 0.25) is 5.02 Å². The number of carbonyl (C=O) groups excluding carboxylic acids is 2. The molecule has 1 aromatic carbocycles. The molecule has 0 aliphatic heterocycles. The van der Waals surface area contributed by atoms with Gasteiger partial charge in [0.1, 0.15) is 13.2 Å². The van der Waals surface area contributed by atoms with Crippen molar-refractivity contribution < 1.29 is 19.1 Å². The summed E-state index contributed by atoms with van der Waals surface area (Å²) < 4.78 is 9.97. The van der Waals surface area contributed by atoms with Crippen molar-refractivity contribution in [2.24, 2.45) is 0 Å². The molecule has 110 valence electrons. The van der Waals surface area contributed by atoms with E-state index in [2.05, 4.69) is 0 Å².